The third-order valence-electron chi connectivity index (χ3n) is 4.55. The first-order chi connectivity index (χ1) is 13.8. The fourth-order valence-corrected chi connectivity index (χ4v) is 3.40. The summed E-state index contributed by atoms with van der Waals surface area (Å²) >= 11 is 6.07. The van der Waals surface area contributed by atoms with Crippen molar-refractivity contribution in [1.29, 1.82) is 0 Å². The number of methoxy groups -OCH3 is 1. The van der Waals surface area contributed by atoms with Gasteiger partial charge in [0.05, 0.1) is 13.5 Å². The number of carbonyl (C=O) groups is 2. The quantitative estimate of drug-likeness (QED) is 0.665. The van der Waals surface area contributed by atoms with Crippen molar-refractivity contribution in [3.63, 3.8) is 0 Å². The summed E-state index contributed by atoms with van der Waals surface area (Å²) < 4.78 is 5.30. The molecule has 0 heterocycles. The van der Waals surface area contributed by atoms with Crippen molar-refractivity contribution >= 4 is 23.4 Å². The van der Waals surface area contributed by atoms with Gasteiger partial charge in [0.2, 0.25) is 11.8 Å². The molecule has 1 atom stereocenters. The number of hydrogen-bond donors (Lipinski definition) is 1. The zero-order valence-electron chi connectivity index (χ0n) is 17.4. The molecule has 0 aliphatic rings. The lowest BCUT2D eigenvalue weighted by Gasteiger charge is -2.31. The molecule has 2 aromatic rings. The number of benzene rings is 2. The van der Waals surface area contributed by atoms with E-state index in [1.165, 1.54) is 0 Å². The molecule has 1 N–H and O–H groups in total. The van der Waals surface area contributed by atoms with Gasteiger partial charge in [-0.3, -0.25) is 9.59 Å². The average Bonchev–Trinajstić information content (AvgIpc) is 2.67. The second-order valence-corrected chi connectivity index (χ2v) is 7.70. The highest BCUT2D eigenvalue weighted by Gasteiger charge is 2.29. The lowest BCUT2D eigenvalue weighted by molar-refractivity contribution is -0.141. The van der Waals surface area contributed by atoms with Crippen LogP contribution < -0.4 is 10.1 Å². The van der Waals surface area contributed by atoms with E-state index in [2.05, 4.69) is 5.32 Å². The summed E-state index contributed by atoms with van der Waals surface area (Å²) in [5, 5.41) is 3.51. The molecule has 0 fully saturated rings. The molecule has 2 amide bonds. The van der Waals surface area contributed by atoms with E-state index in [9.17, 15) is 9.59 Å². The largest absolute Gasteiger partial charge is 0.497 e. The van der Waals surface area contributed by atoms with Crippen LogP contribution in [0.5, 0.6) is 5.75 Å². The molecule has 2 rings (SSSR count). The van der Waals surface area contributed by atoms with Crippen LogP contribution in [0.3, 0.4) is 0 Å². The lowest BCUT2D eigenvalue weighted by Crippen LogP contribution is -2.50. The van der Waals surface area contributed by atoms with Gasteiger partial charge in [-0.25, -0.2) is 0 Å². The molecule has 0 saturated carbocycles. The minimum Gasteiger partial charge on any atom is -0.497 e. The van der Waals surface area contributed by atoms with E-state index in [1.54, 1.807) is 24.1 Å². The van der Waals surface area contributed by atoms with Crippen molar-refractivity contribution in [2.75, 3.05) is 7.11 Å². The van der Waals surface area contributed by atoms with Crippen molar-refractivity contribution in [2.24, 2.45) is 0 Å². The minimum absolute atomic E-state index is 0.00162. The Morgan fingerprint density at radius 3 is 2.41 bits per heavy atom. The summed E-state index contributed by atoms with van der Waals surface area (Å²) in [5.74, 6) is 0.440. The van der Waals surface area contributed by atoms with Gasteiger partial charge >= 0.3 is 0 Å². The number of ether oxygens (including phenoxy) is 1. The van der Waals surface area contributed by atoms with Gasteiger partial charge in [-0.15, -0.1) is 0 Å². The van der Waals surface area contributed by atoms with E-state index >= 15 is 0 Å². The van der Waals surface area contributed by atoms with Gasteiger partial charge in [0.1, 0.15) is 11.8 Å². The molecule has 0 radical (unpaired) electrons. The topological polar surface area (TPSA) is 58.6 Å². The molecule has 5 nitrogen and oxygen atoms in total. The number of amides is 2. The van der Waals surface area contributed by atoms with Crippen LogP contribution in [0.25, 0.3) is 0 Å². The first-order valence-corrected chi connectivity index (χ1v) is 10.2. The number of carbonyl (C=O) groups excluding carboxylic acids is 2. The zero-order valence-corrected chi connectivity index (χ0v) is 18.2. The Balaban J connectivity index is 2.31. The van der Waals surface area contributed by atoms with Crippen molar-refractivity contribution in [2.45, 2.75) is 52.2 Å². The molecular formula is C23H29ClN2O3. The van der Waals surface area contributed by atoms with Gasteiger partial charge in [0.25, 0.3) is 0 Å². The van der Waals surface area contributed by atoms with E-state index in [0.29, 0.717) is 23.7 Å². The Morgan fingerprint density at radius 1 is 1.10 bits per heavy atom. The van der Waals surface area contributed by atoms with Crippen LogP contribution in [0.4, 0.5) is 0 Å². The highest BCUT2D eigenvalue weighted by Crippen LogP contribution is 2.19. The molecule has 29 heavy (non-hydrogen) atoms. The monoisotopic (exact) mass is 416 g/mol. The summed E-state index contributed by atoms with van der Waals surface area (Å²) in [6.45, 7) is 6.05. The molecule has 0 saturated heterocycles. The van der Waals surface area contributed by atoms with Crippen LogP contribution in [-0.4, -0.2) is 35.9 Å². The maximum atomic E-state index is 13.2. The first-order valence-electron chi connectivity index (χ1n) is 9.81. The van der Waals surface area contributed by atoms with Crippen molar-refractivity contribution < 1.29 is 14.3 Å². The normalized spacial score (nSPS) is 11.8. The summed E-state index contributed by atoms with van der Waals surface area (Å²) in [6, 6.07) is 14.2. The van der Waals surface area contributed by atoms with Crippen LogP contribution in [0.1, 0.15) is 38.3 Å². The van der Waals surface area contributed by atoms with Crippen LogP contribution in [0, 0.1) is 0 Å². The summed E-state index contributed by atoms with van der Waals surface area (Å²) in [4.78, 5) is 27.7. The van der Waals surface area contributed by atoms with Crippen molar-refractivity contribution in [3.05, 3.63) is 64.7 Å². The SMILES string of the molecule is CCC(C(=O)NC(C)C)N(Cc1cccc(OC)c1)C(=O)Cc1cccc(Cl)c1. The summed E-state index contributed by atoms with van der Waals surface area (Å²) in [5.41, 5.74) is 1.72. The molecular weight excluding hydrogens is 388 g/mol. The fourth-order valence-electron chi connectivity index (χ4n) is 3.19. The Morgan fingerprint density at radius 2 is 1.79 bits per heavy atom. The van der Waals surface area contributed by atoms with Crippen molar-refractivity contribution in [3.8, 4) is 5.75 Å². The van der Waals surface area contributed by atoms with Gasteiger partial charge in [0.15, 0.2) is 0 Å². The zero-order chi connectivity index (χ0) is 21.4. The lowest BCUT2D eigenvalue weighted by atomic mass is 10.1. The smallest absolute Gasteiger partial charge is 0.243 e. The van der Waals surface area contributed by atoms with Gasteiger partial charge < -0.3 is 15.0 Å². The maximum absolute atomic E-state index is 13.2. The third kappa shape index (κ3) is 6.79. The third-order valence-corrected chi connectivity index (χ3v) is 4.78. The number of halogens is 1. The Hall–Kier alpha value is -2.53. The number of hydrogen-bond acceptors (Lipinski definition) is 3. The molecule has 0 aliphatic carbocycles. The predicted molar refractivity (Wildman–Crippen MR) is 116 cm³/mol. The molecule has 6 heteroatoms. The summed E-state index contributed by atoms with van der Waals surface area (Å²) in [6.07, 6.45) is 0.694. The van der Waals surface area contributed by atoms with E-state index < -0.39 is 6.04 Å². The predicted octanol–water partition coefficient (Wildman–Crippen LogP) is 4.22. The number of rotatable bonds is 9. The first kappa shape index (κ1) is 22.8. The fraction of sp³-hybridized carbons (Fsp3) is 0.391. The van der Waals surface area contributed by atoms with Crippen LogP contribution in [0.15, 0.2) is 48.5 Å². The van der Waals surface area contributed by atoms with Crippen LogP contribution in [0.2, 0.25) is 5.02 Å². The Labute approximate surface area is 178 Å². The second-order valence-electron chi connectivity index (χ2n) is 7.27. The van der Waals surface area contributed by atoms with E-state index in [1.807, 2.05) is 57.2 Å². The molecule has 0 spiro atoms. The maximum Gasteiger partial charge on any atom is 0.243 e. The van der Waals surface area contributed by atoms with E-state index in [4.69, 9.17) is 16.3 Å². The molecule has 156 valence electrons. The highest BCUT2D eigenvalue weighted by atomic mass is 35.5. The molecule has 0 aliphatic heterocycles. The van der Waals surface area contributed by atoms with Gasteiger partial charge in [-0.2, -0.15) is 0 Å². The van der Waals surface area contributed by atoms with E-state index in [0.717, 1.165) is 11.1 Å². The molecule has 0 aromatic heterocycles. The molecule has 2 aromatic carbocycles. The molecule has 0 bridgehead atoms. The van der Waals surface area contributed by atoms with E-state index in [-0.39, 0.29) is 24.3 Å². The second kappa shape index (κ2) is 10.9. The van der Waals surface area contributed by atoms with Crippen LogP contribution >= 0.6 is 11.6 Å². The number of nitrogens with zero attached hydrogens (tertiary/aromatic N) is 1. The van der Waals surface area contributed by atoms with Crippen LogP contribution in [-0.2, 0) is 22.6 Å². The average molecular weight is 417 g/mol. The van der Waals surface area contributed by atoms with Gasteiger partial charge in [-0.05, 0) is 55.7 Å². The van der Waals surface area contributed by atoms with Gasteiger partial charge in [0, 0.05) is 17.6 Å². The van der Waals surface area contributed by atoms with Gasteiger partial charge in [-0.1, -0.05) is 42.8 Å². The Bertz CT molecular complexity index is 838. The Kier molecular flexibility index (Phi) is 8.52. The highest BCUT2D eigenvalue weighted by molar-refractivity contribution is 6.30. The minimum atomic E-state index is -0.560. The molecule has 1 unspecified atom stereocenters. The number of nitrogens with one attached hydrogen (secondary N) is 1. The summed E-state index contributed by atoms with van der Waals surface area (Å²) in [7, 11) is 1.60. The van der Waals surface area contributed by atoms with Crippen molar-refractivity contribution in [1.82, 2.24) is 10.2 Å². The standard InChI is InChI=1S/C23H29ClN2O3/c1-5-21(23(28)25-16(2)3)26(15-18-9-7-11-20(13-18)29-4)22(27)14-17-8-6-10-19(24)12-17/h6-13,16,21H,5,14-15H2,1-4H3,(H,25,28).